The number of allylic oxidation sites excluding steroid dienone is 1. The fraction of sp³-hybridized carbons (Fsp3) is 0.200. The summed E-state index contributed by atoms with van der Waals surface area (Å²) in [6, 6.07) is 1.69. The third kappa shape index (κ3) is 1.84. The van der Waals surface area contributed by atoms with Gasteiger partial charge in [0.15, 0.2) is 5.70 Å². The molecule has 0 heterocycles. The first-order valence-electron chi connectivity index (χ1n) is 1.90. The maximum Gasteiger partial charge on any atom is 0.164 e. The highest BCUT2D eigenvalue weighted by atomic mass is 16.2. The van der Waals surface area contributed by atoms with Crippen molar-refractivity contribution in [2.75, 3.05) is 0 Å². The lowest BCUT2D eigenvalue weighted by Gasteiger charge is -1.89. The van der Waals surface area contributed by atoms with Gasteiger partial charge in [-0.15, -0.1) is 0 Å². The Balaban J connectivity index is 3.83. The average Bonchev–Trinajstić information content (AvgIpc) is 1.83. The predicted octanol–water partition coefficient (Wildman–Crippen LogP) is 0.0211. The van der Waals surface area contributed by atoms with Gasteiger partial charge in [0.05, 0.1) is 19.1 Å². The summed E-state index contributed by atoms with van der Waals surface area (Å²) in [5, 5.41) is 17.6. The predicted molar refractivity (Wildman–Crippen MR) is 24.9 cm³/mol. The van der Waals surface area contributed by atoms with E-state index < -0.39 is 0 Å². The van der Waals surface area contributed by atoms with Crippen LogP contribution in [0.1, 0.15) is 6.42 Å². The highest BCUT2D eigenvalue weighted by molar-refractivity contribution is 5.10. The second kappa shape index (κ2) is 3.70. The van der Waals surface area contributed by atoms with Gasteiger partial charge in [-0.05, 0) is 0 Å². The van der Waals surface area contributed by atoms with Crippen molar-refractivity contribution < 1.29 is 5.11 Å². The summed E-state index contributed by atoms with van der Waals surface area (Å²) >= 11 is 0. The number of rotatable bonds is 1. The Morgan fingerprint density at radius 3 is 2.75 bits per heavy atom. The summed E-state index contributed by atoms with van der Waals surface area (Å²) in [6.45, 7) is 6.27. The van der Waals surface area contributed by atoms with Gasteiger partial charge in [0, 0.05) is 0 Å². The maximum absolute atomic E-state index is 9.72. The molecule has 0 fully saturated rings. The summed E-state index contributed by atoms with van der Waals surface area (Å²) < 4.78 is 0. The molecule has 3 nitrogen and oxygen atoms in total. The van der Waals surface area contributed by atoms with Crippen LogP contribution in [0.2, 0.25) is 0 Å². The molecule has 0 saturated heterocycles. The Hall–Kier alpha value is -1.48. The molecule has 0 aliphatic rings. The van der Waals surface area contributed by atoms with E-state index in [9.17, 15) is 5.11 Å². The van der Waals surface area contributed by atoms with Gasteiger partial charge >= 0.3 is 0 Å². The standard InChI is InChI=1S/C5H4N2O/c1-7-5(4-8)2-3-6/h4,8H,2H2/p-1/b5-4+. The van der Waals surface area contributed by atoms with Crippen molar-refractivity contribution in [1.82, 2.24) is 0 Å². The molecule has 0 rings (SSSR count). The third-order valence-electron chi connectivity index (χ3n) is 0.540. The van der Waals surface area contributed by atoms with E-state index in [1.807, 2.05) is 0 Å². The molecule has 3 heteroatoms. The number of nitrogens with zero attached hydrogens (tertiary/aromatic N) is 2. The van der Waals surface area contributed by atoms with Gasteiger partial charge < -0.3 is 5.11 Å². The van der Waals surface area contributed by atoms with Crippen LogP contribution in [0.15, 0.2) is 12.0 Å². The second-order valence-electron chi connectivity index (χ2n) is 1.06. The van der Waals surface area contributed by atoms with E-state index in [2.05, 4.69) is 4.85 Å². The Kier molecular flexibility index (Phi) is 3.02. The largest absolute Gasteiger partial charge is 0.886 e. The van der Waals surface area contributed by atoms with Crippen LogP contribution in [0.5, 0.6) is 0 Å². The quantitative estimate of drug-likeness (QED) is 0.350. The lowest BCUT2D eigenvalue weighted by Crippen LogP contribution is -1.88. The molecule has 0 spiro atoms. The summed E-state index contributed by atoms with van der Waals surface area (Å²) in [5.74, 6) is 0. The Labute approximate surface area is 47.3 Å². The minimum atomic E-state index is -0.0764. The molecule has 0 aliphatic carbocycles. The molecule has 0 atom stereocenters. The van der Waals surface area contributed by atoms with Crippen LogP contribution < -0.4 is 5.11 Å². The van der Waals surface area contributed by atoms with Crippen molar-refractivity contribution in [3.05, 3.63) is 23.4 Å². The second-order valence-corrected chi connectivity index (χ2v) is 1.06. The molecule has 0 saturated carbocycles. The van der Waals surface area contributed by atoms with E-state index in [1.54, 1.807) is 6.07 Å². The molecule has 0 N–H and O–H groups in total. The number of hydrogen-bond donors (Lipinski definition) is 0. The van der Waals surface area contributed by atoms with E-state index in [4.69, 9.17) is 11.8 Å². The van der Waals surface area contributed by atoms with E-state index in [1.165, 1.54) is 0 Å². The van der Waals surface area contributed by atoms with Crippen molar-refractivity contribution in [3.8, 4) is 6.07 Å². The molecular weight excluding hydrogens is 104 g/mol. The molecule has 0 aromatic carbocycles. The van der Waals surface area contributed by atoms with E-state index >= 15 is 0 Å². The van der Waals surface area contributed by atoms with Crippen molar-refractivity contribution >= 4 is 0 Å². The zero-order valence-electron chi connectivity index (χ0n) is 4.09. The molecule has 0 aliphatic heterocycles. The lowest BCUT2D eigenvalue weighted by molar-refractivity contribution is -0.276. The zero-order valence-corrected chi connectivity index (χ0v) is 4.09. The van der Waals surface area contributed by atoms with Crippen molar-refractivity contribution in [3.63, 3.8) is 0 Å². The highest BCUT2D eigenvalue weighted by Crippen LogP contribution is 1.96. The average molecular weight is 107 g/mol. The minimum Gasteiger partial charge on any atom is -0.886 e. The Morgan fingerprint density at radius 2 is 2.62 bits per heavy atom. The lowest BCUT2D eigenvalue weighted by atomic mass is 10.4. The molecule has 0 bridgehead atoms. The van der Waals surface area contributed by atoms with Gasteiger partial charge in [0.2, 0.25) is 0 Å². The fourth-order valence-electron chi connectivity index (χ4n) is 0.189. The zero-order chi connectivity index (χ0) is 6.41. The summed E-state index contributed by atoms with van der Waals surface area (Å²) in [4.78, 5) is 2.77. The van der Waals surface area contributed by atoms with Gasteiger partial charge in [-0.3, -0.25) is 0 Å². The van der Waals surface area contributed by atoms with Crippen LogP contribution in [0.25, 0.3) is 4.85 Å². The van der Waals surface area contributed by atoms with Crippen molar-refractivity contribution in [2.45, 2.75) is 6.42 Å². The SMILES string of the molecule is [C-]#[N+]/C(=C/[O-])CC#N. The third-order valence-corrected chi connectivity index (χ3v) is 0.540. The summed E-state index contributed by atoms with van der Waals surface area (Å²) in [6.07, 6.45) is 0.323. The van der Waals surface area contributed by atoms with Crippen LogP contribution in [0.3, 0.4) is 0 Å². The highest BCUT2D eigenvalue weighted by Gasteiger charge is 1.85. The van der Waals surface area contributed by atoms with Gasteiger partial charge in [0.25, 0.3) is 0 Å². The normalized spacial score (nSPS) is 9.50. The molecule has 0 unspecified atom stereocenters. The maximum atomic E-state index is 9.72. The molecule has 40 valence electrons. The Bertz CT molecular complexity index is 170. The fourth-order valence-corrected chi connectivity index (χ4v) is 0.189. The monoisotopic (exact) mass is 107 g/mol. The first kappa shape index (κ1) is 6.52. The molecule has 0 aromatic rings. The minimum absolute atomic E-state index is 0.0347. The molecule has 0 amide bonds. The first-order chi connectivity index (χ1) is 3.85. The van der Waals surface area contributed by atoms with E-state index in [0.717, 1.165) is 0 Å². The summed E-state index contributed by atoms with van der Waals surface area (Å²) in [7, 11) is 0. The number of hydrogen-bond acceptors (Lipinski definition) is 2. The van der Waals surface area contributed by atoms with Gasteiger partial charge in [-0.1, -0.05) is 0 Å². The Morgan fingerprint density at radius 1 is 2.00 bits per heavy atom. The molecular formula is C5H3N2O-. The number of nitriles is 1. The molecule has 8 heavy (non-hydrogen) atoms. The molecule has 0 radical (unpaired) electrons. The van der Waals surface area contributed by atoms with Gasteiger partial charge in [0.1, 0.15) is 0 Å². The van der Waals surface area contributed by atoms with Crippen LogP contribution in [-0.4, -0.2) is 0 Å². The van der Waals surface area contributed by atoms with Crippen LogP contribution in [0, 0.1) is 17.9 Å². The van der Waals surface area contributed by atoms with Crippen molar-refractivity contribution in [1.29, 1.82) is 5.26 Å². The van der Waals surface area contributed by atoms with Gasteiger partial charge in [-0.2, -0.15) is 11.5 Å². The molecule has 0 aromatic heterocycles. The van der Waals surface area contributed by atoms with Gasteiger partial charge in [-0.25, -0.2) is 4.85 Å². The van der Waals surface area contributed by atoms with Crippen molar-refractivity contribution in [2.24, 2.45) is 0 Å². The first-order valence-corrected chi connectivity index (χ1v) is 1.90. The van der Waals surface area contributed by atoms with Crippen LogP contribution >= 0.6 is 0 Å². The van der Waals surface area contributed by atoms with E-state index in [-0.39, 0.29) is 12.1 Å². The van der Waals surface area contributed by atoms with Crippen LogP contribution in [-0.2, 0) is 0 Å². The summed E-state index contributed by atoms with van der Waals surface area (Å²) in [5.41, 5.74) is -0.0347. The van der Waals surface area contributed by atoms with Crippen LogP contribution in [0.4, 0.5) is 0 Å². The topological polar surface area (TPSA) is 51.2 Å². The smallest absolute Gasteiger partial charge is 0.164 e. The van der Waals surface area contributed by atoms with E-state index in [0.29, 0.717) is 6.26 Å².